The number of fused-ring (bicyclic) bond motifs is 1. The first-order valence-corrected chi connectivity index (χ1v) is 12.8. The van der Waals surface area contributed by atoms with E-state index in [0.29, 0.717) is 19.5 Å². The van der Waals surface area contributed by atoms with Crippen molar-refractivity contribution in [2.24, 2.45) is 0 Å². The molecular formula is C26H26ClN3O5S. The van der Waals surface area contributed by atoms with Crippen molar-refractivity contribution in [2.45, 2.75) is 25.8 Å². The number of rotatable bonds is 8. The van der Waals surface area contributed by atoms with Gasteiger partial charge in [0.05, 0.1) is 18.1 Å². The molecule has 2 aromatic carbocycles. The van der Waals surface area contributed by atoms with Crippen LogP contribution in [-0.4, -0.2) is 53.3 Å². The maximum absolute atomic E-state index is 13.7. The number of nitrogens with zero attached hydrogens (tertiary/aromatic N) is 3. The van der Waals surface area contributed by atoms with Crippen LogP contribution >= 0.6 is 22.9 Å². The van der Waals surface area contributed by atoms with Crippen LogP contribution in [-0.2, 0) is 11.2 Å². The summed E-state index contributed by atoms with van der Waals surface area (Å²) in [7, 11) is 1.61. The summed E-state index contributed by atoms with van der Waals surface area (Å²) in [5.41, 5.74) is 1.83. The van der Waals surface area contributed by atoms with Crippen LogP contribution < -0.4 is 4.74 Å². The number of carbonyl (C=O) groups excluding carboxylic acids is 2. The van der Waals surface area contributed by atoms with E-state index in [-0.39, 0.29) is 34.8 Å². The molecule has 4 rings (SSSR count). The second kappa shape index (κ2) is 11.1. The van der Waals surface area contributed by atoms with E-state index < -0.39 is 10.8 Å². The van der Waals surface area contributed by atoms with Gasteiger partial charge < -0.3 is 14.5 Å². The van der Waals surface area contributed by atoms with Gasteiger partial charge in [-0.3, -0.25) is 19.7 Å². The van der Waals surface area contributed by atoms with E-state index in [2.05, 4.69) is 6.07 Å². The molecule has 0 radical (unpaired) electrons. The van der Waals surface area contributed by atoms with E-state index in [0.717, 1.165) is 29.4 Å². The monoisotopic (exact) mass is 527 g/mol. The van der Waals surface area contributed by atoms with Gasteiger partial charge in [-0.1, -0.05) is 30.7 Å². The first-order chi connectivity index (χ1) is 17.3. The second-order valence-electron chi connectivity index (χ2n) is 8.46. The van der Waals surface area contributed by atoms with Crippen molar-refractivity contribution < 1.29 is 19.2 Å². The van der Waals surface area contributed by atoms with Crippen LogP contribution in [0, 0.1) is 10.1 Å². The molecule has 0 aliphatic carbocycles. The summed E-state index contributed by atoms with van der Waals surface area (Å²) in [6.07, 6.45) is 1.38. The quantitative estimate of drug-likeness (QED) is 0.291. The van der Waals surface area contributed by atoms with Gasteiger partial charge in [0.1, 0.15) is 17.3 Å². The van der Waals surface area contributed by atoms with E-state index in [4.69, 9.17) is 16.3 Å². The minimum Gasteiger partial charge on any atom is -0.497 e. The Kier molecular flexibility index (Phi) is 7.91. The van der Waals surface area contributed by atoms with Gasteiger partial charge in [0, 0.05) is 29.6 Å². The highest BCUT2D eigenvalue weighted by molar-refractivity contribution is 7.10. The lowest BCUT2D eigenvalue weighted by atomic mass is 9.93. The van der Waals surface area contributed by atoms with Crippen LogP contribution in [0.1, 0.15) is 45.7 Å². The Bertz CT molecular complexity index is 1280. The number of hydrogen-bond acceptors (Lipinski definition) is 6. The van der Waals surface area contributed by atoms with E-state index in [1.807, 2.05) is 41.5 Å². The summed E-state index contributed by atoms with van der Waals surface area (Å²) in [6.45, 7) is 2.65. The van der Waals surface area contributed by atoms with Crippen LogP contribution in [0.5, 0.6) is 5.75 Å². The van der Waals surface area contributed by atoms with Crippen LogP contribution in [0.15, 0.2) is 53.9 Å². The van der Waals surface area contributed by atoms with Crippen molar-refractivity contribution >= 4 is 40.4 Å². The summed E-state index contributed by atoms with van der Waals surface area (Å²) in [5, 5.41) is 13.3. The molecule has 8 nitrogen and oxygen atoms in total. The maximum Gasteiger partial charge on any atom is 0.288 e. The van der Waals surface area contributed by atoms with Crippen LogP contribution in [0.25, 0.3) is 0 Å². The number of amides is 2. The molecule has 0 N–H and O–H groups in total. The summed E-state index contributed by atoms with van der Waals surface area (Å²) in [4.78, 5) is 42.1. The molecule has 0 fully saturated rings. The maximum atomic E-state index is 13.7. The minimum absolute atomic E-state index is 0.0446. The Balaban J connectivity index is 1.61. The Morgan fingerprint density at radius 3 is 2.64 bits per heavy atom. The predicted molar refractivity (Wildman–Crippen MR) is 139 cm³/mol. The third kappa shape index (κ3) is 5.22. The molecular weight excluding hydrogens is 502 g/mol. The number of benzene rings is 2. The van der Waals surface area contributed by atoms with Crippen LogP contribution in [0.4, 0.5) is 5.69 Å². The zero-order valence-electron chi connectivity index (χ0n) is 20.0. The zero-order chi connectivity index (χ0) is 25.8. The number of methoxy groups -OCH3 is 1. The smallest absolute Gasteiger partial charge is 0.288 e. The topological polar surface area (TPSA) is 93.0 Å². The highest BCUT2D eigenvalue weighted by Crippen LogP contribution is 2.38. The number of nitro benzene ring substituents is 1. The molecule has 1 unspecified atom stereocenters. The van der Waals surface area contributed by atoms with Crippen molar-refractivity contribution in [2.75, 3.05) is 26.7 Å². The fourth-order valence-corrected chi connectivity index (χ4v) is 5.57. The number of carbonyl (C=O) groups is 2. The van der Waals surface area contributed by atoms with Gasteiger partial charge >= 0.3 is 0 Å². The molecule has 3 aromatic rings. The van der Waals surface area contributed by atoms with Crippen LogP contribution in [0.2, 0.25) is 5.02 Å². The average Bonchev–Trinajstić information content (AvgIpc) is 3.36. The van der Waals surface area contributed by atoms with E-state index in [1.54, 1.807) is 18.4 Å². The van der Waals surface area contributed by atoms with Crippen LogP contribution in [0.3, 0.4) is 0 Å². The van der Waals surface area contributed by atoms with Gasteiger partial charge in [0.2, 0.25) is 5.91 Å². The van der Waals surface area contributed by atoms with Crippen molar-refractivity contribution in [3.8, 4) is 5.75 Å². The summed E-state index contributed by atoms with van der Waals surface area (Å²) in [5.74, 6) is 0.104. The first-order valence-electron chi connectivity index (χ1n) is 11.6. The molecule has 0 bridgehead atoms. The van der Waals surface area contributed by atoms with Gasteiger partial charge in [-0.15, -0.1) is 11.3 Å². The lowest BCUT2D eigenvalue weighted by Gasteiger charge is -2.37. The molecule has 0 spiro atoms. The third-order valence-electron chi connectivity index (χ3n) is 6.21. The molecule has 0 saturated carbocycles. The minimum atomic E-state index is -0.625. The van der Waals surface area contributed by atoms with Gasteiger partial charge in [-0.2, -0.15) is 0 Å². The largest absolute Gasteiger partial charge is 0.497 e. The molecule has 188 valence electrons. The normalized spacial score (nSPS) is 14.8. The Morgan fingerprint density at radius 2 is 1.97 bits per heavy atom. The van der Waals surface area contributed by atoms with Crippen molar-refractivity contribution in [1.29, 1.82) is 0 Å². The molecule has 0 saturated heterocycles. The number of ether oxygens (including phenoxy) is 1. The zero-order valence-corrected chi connectivity index (χ0v) is 21.6. The van der Waals surface area contributed by atoms with E-state index >= 15 is 0 Å². The number of hydrogen-bond donors (Lipinski definition) is 0. The number of nitro groups is 1. The van der Waals surface area contributed by atoms with Crippen molar-refractivity contribution in [3.63, 3.8) is 0 Å². The summed E-state index contributed by atoms with van der Waals surface area (Å²) >= 11 is 7.59. The predicted octanol–water partition coefficient (Wildman–Crippen LogP) is 5.34. The molecule has 36 heavy (non-hydrogen) atoms. The average molecular weight is 528 g/mol. The van der Waals surface area contributed by atoms with Gasteiger partial charge in [-0.25, -0.2) is 0 Å². The Morgan fingerprint density at radius 1 is 1.22 bits per heavy atom. The molecule has 1 aromatic heterocycles. The first kappa shape index (κ1) is 25.7. The highest BCUT2D eigenvalue weighted by atomic mass is 35.5. The van der Waals surface area contributed by atoms with Crippen molar-refractivity contribution in [3.05, 3.63) is 90.6 Å². The van der Waals surface area contributed by atoms with E-state index in [1.165, 1.54) is 21.9 Å². The van der Waals surface area contributed by atoms with Gasteiger partial charge in [0.25, 0.3) is 11.6 Å². The van der Waals surface area contributed by atoms with Gasteiger partial charge in [-0.05, 0) is 59.7 Å². The highest BCUT2D eigenvalue weighted by Gasteiger charge is 2.34. The molecule has 1 aliphatic heterocycles. The molecule has 1 atom stereocenters. The summed E-state index contributed by atoms with van der Waals surface area (Å²) in [6, 6.07) is 13.4. The number of halogens is 1. The third-order valence-corrected chi connectivity index (χ3v) is 7.53. The fourth-order valence-electron chi connectivity index (χ4n) is 4.48. The molecule has 2 heterocycles. The Labute approximate surface area is 218 Å². The van der Waals surface area contributed by atoms with Crippen molar-refractivity contribution in [1.82, 2.24) is 9.80 Å². The van der Waals surface area contributed by atoms with E-state index in [9.17, 15) is 19.7 Å². The molecule has 10 heteroatoms. The fraction of sp³-hybridized carbons (Fsp3) is 0.308. The summed E-state index contributed by atoms with van der Waals surface area (Å²) < 4.78 is 5.29. The lowest BCUT2D eigenvalue weighted by molar-refractivity contribution is -0.384. The number of thiophene rings is 1. The molecule has 2 amide bonds. The second-order valence-corrected chi connectivity index (χ2v) is 9.87. The van der Waals surface area contributed by atoms with Gasteiger partial charge in [0.15, 0.2) is 0 Å². The standard InChI is InChI=1S/C26H26ClN3O5S/c1-3-12-28(26(32)18-6-9-21(27)22(15-18)30(33)34)16-24(31)29-13-10-23-20(11-14-36-23)25(29)17-4-7-19(35-2)8-5-17/h4-9,11,14-15,25H,3,10,12-13,16H2,1-2H3. The Hall–Kier alpha value is -3.43. The lowest BCUT2D eigenvalue weighted by Crippen LogP contribution is -2.47. The SMILES string of the molecule is CCCN(CC(=O)N1CCc2sccc2C1c1ccc(OC)cc1)C(=O)c1ccc(Cl)c([N+](=O)[O-])c1. The molecule has 1 aliphatic rings.